The molecule has 0 amide bonds. The van der Waals surface area contributed by atoms with Crippen LogP contribution in [0.1, 0.15) is 0 Å². The third-order valence-electron chi connectivity index (χ3n) is 3.74. The number of aliphatic hydroxyl groups excluding tert-OH is 3. The number of hydrogen-bond donors (Lipinski definition) is 5. The monoisotopic (exact) mass is 421 g/mol. The van der Waals surface area contributed by atoms with Crippen molar-refractivity contribution in [3.8, 4) is 5.75 Å². The van der Waals surface area contributed by atoms with Crippen molar-refractivity contribution in [2.75, 3.05) is 0 Å². The van der Waals surface area contributed by atoms with Gasteiger partial charge in [0.1, 0.15) is 24.1 Å². The lowest BCUT2D eigenvalue weighted by Gasteiger charge is -2.38. The highest BCUT2D eigenvalue weighted by molar-refractivity contribution is 9.10. The van der Waals surface area contributed by atoms with Crippen LogP contribution in [0, 0.1) is 0 Å². The third-order valence-corrected chi connectivity index (χ3v) is 4.94. The first-order chi connectivity index (χ1) is 11.3. The van der Waals surface area contributed by atoms with Crippen LogP contribution in [0.5, 0.6) is 5.75 Å². The van der Waals surface area contributed by atoms with Crippen LogP contribution in [0.15, 0.2) is 22.8 Å². The molecule has 1 aromatic heterocycles. The normalized spacial score (nSPS) is 30.5. The number of aromatic amines is 1. The fourth-order valence-corrected chi connectivity index (χ4v) is 2.97. The van der Waals surface area contributed by atoms with Gasteiger partial charge in [-0.25, -0.2) is 4.79 Å². The number of aromatic nitrogens is 1. The molecule has 2 heterocycles. The molecule has 8 nitrogen and oxygen atoms in total. The number of aliphatic carboxylic acids is 1. The van der Waals surface area contributed by atoms with E-state index in [-0.39, 0.29) is 5.75 Å². The largest absolute Gasteiger partial charge is 0.479 e. The van der Waals surface area contributed by atoms with Crippen LogP contribution < -0.4 is 4.74 Å². The Morgan fingerprint density at radius 2 is 1.96 bits per heavy atom. The number of rotatable bonds is 3. The Morgan fingerprint density at radius 3 is 2.62 bits per heavy atom. The maximum Gasteiger partial charge on any atom is 0.335 e. The molecule has 24 heavy (non-hydrogen) atoms. The summed E-state index contributed by atoms with van der Waals surface area (Å²) >= 11 is 9.29. The van der Waals surface area contributed by atoms with Gasteiger partial charge in [0, 0.05) is 16.1 Å². The highest BCUT2D eigenvalue weighted by atomic mass is 79.9. The van der Waals surface area contributed by atoms with Crippen LogP contribution in [0.25, 0.3) is 10.9 Å². The van der Waals surface area contributed by atoms with E-state index in [2.05, 4.69) is 20.9 Å². The van der Waals surface area contributed by atoms with Gasteiger partial charge in [0.25, 0.3) is 0 Å². The molecule has 0 radical (unpaired) electrons. The zero-order valence-corrected chi connectivity index (χ0v) is 14.2. The second-order valence-electron chi connectivity index (χ2n) is 5.32. The predicted molar refractivity (Wildman–Crippen MR) is 86.0 cm³/mol. The molecule has 0 unspecified atom stereocenters. The number of carboxylic acid groups (broad SMARTS) is 1. The van der Waals surface area contributed by atoms with Crippen molar-refractivity contribution in [2.45, 2.75) is 30.7 Å². The van der Waals surface area contributed by atoms with E-state index in [4.69, 9.17) is 26.2 Å². The maximum atomic E-state index is 11.1. The maximum absolute atomic E-state index is 11.1. The average molecular weight is 423 g/mol. The standard InChI is InChI=1S/C14H13BrClNO7/c15-5-1-4-7(2-6(5)16)17-3-8(4)23-14-11(20)9(18)10(19)12(24-14)13(21)22/h1-3,9-12,14,17-20H,(H,21,22)/t9-,10-,11+,12-,14+/m1/s1. The quantitative estimate of drug-likeness (QED) is 0.495. The van der Waals surface area contributed by atoms with Gasteiger partial charge >= 0.3 is 5.97 Å². The molecule has 3 rings (SSSR count). The van der Waals surface area contributed by atoms with Crippen molar-refractivity contribution in [3.05, 3.63) is 27.8 Å². The van der Waals surface area contributed by atoms with Gasteiger partial charge < -0.3 is 34.9 Å². The lowest BCUT2D eigenvalue weighted by molar-refractivity contribution is -0.270. The summed E-state index contributed by atoms with van der Waals surface area (Å²) in [5.74, 6) is -1.21. The number of halogens is 2. The smallest absolute Gasteiger partial charge is 0.335 e. The van der Waals surface area contributed by atoms with Gasteiger partial charge in [-0.2, -0.15) is 0 Å². The van der Waals surface area contributed by atoms with Crippen LogP contribution >= 0.6 is 27.5 Å². The molecule has 5 N–H and O–H groups in total. The molecule has 0 bridgehead atoms. The van der Waals surface area contributed by atoms with E-state index in [1.54, 1.807) is 12.1 Å². The molecule has 1 aliphatic heterocycles. The van der Waals surface area contributed by atoms with Crippen LogP contribution in [0.4, 0.5) is 0 Å². The third kappa shape index (κ3) is 2.99. The second-order valence-corrected chi connectivity index (χ2v) is 6.58. The van der Waals surface area contributed by atoms with Crippen molar-refractivity contribution < 1.29 is 34.7 Å². The van der Waals surface area contributed by atoms with E-state index < -0.39 is 36.7 Å². The van der Waals surface area contributed by atoms with Crippen molar-refractivity contribution in [2.24, 2.45) is 0 Å². The SMILES string of the molecule is O=C(O)[C@@H]1O[C@H](Oc2c[nH]c3cc(Cl)c(Br)cc23)[C@@H](O)[C@H](O)[C@H]1O. The summed E-state index contributed by atoms with van der Waals surface area (Å²) in [7, 11) is 0. The van der Waals surface area contributed by atoms with Gasteiger partial charge in [-0.05, 0) is 28.1 Å². The molecule has 0 aliphatic carbocycles. The number of fused-ring (bicyclic) bond motifs is 1. The Hall–Kier alpha value is -1.36. The Bertz CT molecular complexity index is 782. The second kappa shape index (κ2) is 6.51. The average Bonchev–Trinajstić information content (AvgIpc) is 2.90. The van der Waals surface area contributed by atoms with Gasteiger partial charge in [0.05, 0.1) is 10.5 Å². The number of carbonyl (C=O) groups is 1. The van der Waals surface area contributed by atoms with E-state index in [0.29, 0.717) is 20.4 Å². The van der Waals surface area contributed by atoms with Crippen LogP contribution in [0.2, 0.25) is 5.02 Å². The number of carboxylic acids is 1. The highest BCUT2D eigenvalue weighted by Gasteiger charge is 2.48. The van der Waals surface area contributed by atoms with Gasteiger partial charge in [-0.3, -0.25) is 0 Å². The number of H-pyrrole nitrogens is 1. The minimum Gasteiger partial charge on any atom is -0.479 e. The molecule has 2 aromatic rings. The summed E-state index contributed by atoms with van der Waals surface area (Å²) < 4.78 is 11.2. The van der Waals surface area contributed by atoms with Crippen molar-refractivity contribution in [1.29, 1.82) is 0 Å². The van der Waals surface area contributed by atoms with E-state index in [0.717, 1.165) is 0 Å². The van der Waals surface area contributed by atoms with E-state index in [9.17, 15) is 20.1 Å². The fraction of sp³-hybridized carbons (Fsp3) is 0.357. The van der Waals surface area contributed by atoms with Gasteiger partial charge in [-0.1, -0.05) is 11.6 Å². The summed E-state index contributed by atoms with van der Waals surface area (Å²) in [6, 6.07) is 3.34. The van der Waals surface area contributed by atoms with Gasteiger partial charge in [0.15, 0.2) is 6.10 Å². The van der Waals surface area contributed by atoms with Gasteiger partial charge in [-0.15, -0.1) is 0 Å². The minimum absolute atomic E-state index is 0.263. The number of ether oxygens (including phenoxy) is 2. The Labute approximate surface area is 148 Å². The Kier molecular flexibility index (Phi) is 4.73. The van der Waals surface area contributed by atoms with Crippen LogP contribution in [0.3, 0.4) is 0 Å². The first-order valence-corrected chi connectivity index (χ1v) is 8.02. The first kappa shape index (κ1) is 17.5. The molecule has 0 saturated carbocycles. The Morgan fingerprint density at radius 1 is 1.25 bits per heavy atom. The number of nitrogens with one attached hydrogen (secondary N) is 1. The summed E-state index contributed by atoms with van der Waals surface area (Å²) in [5.41, 5.74) is 0.652. The molecule has 130 valence electrons. The summed E-state index contributed by atoms with van der Waals surface area (Å²) in [6.45, 7) is 0. The molecule has 1 fully saturated rings. The molecular weight excluding hydrogens is 410 g/mol. The van der Waals surface area contributed by atoms with Gasteiger partial charge in [0.2, 0.25) is 6.29 Å². The van der Waals surface area contributed by atoms with Crippen molar-refractivity contribution >= 4 is 44.4 Å². The molecule has 1 aliphatic rings. The zero-order chi connectivity index (χ0) is 17.6. The number of hydrogen-bond acceptors (Lipinski definition) is 6. The highest BCUT2D eigenvalue weighted by Crippen LogP contribution is 2.34. The molecule has 5 atom stereocenters. The molecule has 1 aromatic carbocycles. The molecular formula is C14H13BrClNO7. The zero-order valence-electron chi connectivity index (χ0n) is 11.9. The molecule has 0 spiro atoms. The lowest BCUT2D eigenvalue weighted by atomic mass is 9.99. The minimum atomic E-state index is -1.77. The topological polar surface area (TPSA) is 132 Å². The fourth-order valence-electron chi connectivity index (χ4n) is 2.46. The summed E-state index contributed by atoms with van der Waals surface area (Å²) in [6.07, 6.45) is -6.84. The first-order valence-electron chi connectivity index (χ1n) is 6.85. The number of aliphatic hydroxyl groups is 3. The van der Waals surface area contributed by atoms with Crippen molar-refractivity contribution in [3.63, 3.8) is 0 Å². The van der Waals surface area contributed by atoms with Crippen LogP contribution in [-0.2, 0) is 9.53 Å². The lowest BCUT2D eigenvalue weighted by Crippen LogP contribution is -2.61. The molecule has 1 saturated heterocycles. The van der Waals surface area contributed by atoms with Crippen molar-refractivity contribution in [1.82, 2.24) is 4.98 Å². The van der Waals surface area contributed by atoms with Crippen LogP contribution in [-0.4, -0.2) is 62.1 Å². The summed E-state index contributed by atoms with van der Waals surface area (Å²) in [5, 5.41) is 39.6. The summed E-state index contributed by atoms with van der Waals surface area (Å²) in [4.78, 5) is 14.0. The van der Waals surface area contributed by atoms with E-state index in [1.165, 1.54) is 6.20 Å². The number of benzene rings is 1. The van der Waals surface area contributed by atoms with E-state index >= 15 is 0 Å². The Balaban J connectivity index is 1.90. The predicted octanol–water partition coefficient (Wildman–Crippen LogP) is 0.855. The van der Waals surface area contributed by atoms with E-state index in [1.807, 2.05) is 0 Å². The molecule has 10 heteroatoms.